The van der Waals surface area contributed by atoms with Crippen LogP contribution in [0.1, 0.15) is 20.3 Å². The fraction of sp³-hybridized carbons (Fsp3) is 1.00. The summed E-state index contributed by atoms with van der Waals surface area (Å²) < 4.78 is 36.6. The molecule has 0 aromatic rings. The van der Waals surface area contributed by atoms with Crippen LogP contribution < -0.4 is 51.4 Å². The molecule has 0 N–H and O–H groups in total. The zero-order valence-electron chi connectivity index (χ0n) is 10.4. The quantitative estimate of drug-likeness (QED) is 0.574. The summed E-state index contributed by atoms with van der Waals surface area (Å²) in [6.45, 7) is 2.45. The van der Waals surface area contributed by atoms with Crippen molar-refractivity contribution in [1.29, 1.82) is 0 Å². The van der Waals surface area contributed by atoms with E-state index in [1.165, 1.54) is 4.90 Å². The van der Waals surface area contributed by atoms with Crippen molar-refractivity contribution in [2.24, 2.45) is 0 Å². The predicted molar refractivity (Wildman–Crippen MR) is 56.8 cm³/mol. The van der Waals surface area contributed by atoms with Crippen molar-refractivity contribution in [3.05, 3.63) is 0 Å². The number of hydrogen-bond acceptors (Lipinski definition) is 2. The molecule has 0 radical (unpaired) electrons. The summed E-state index contributed by atoms with van der Waals surface area (Å²) in [6.07, 6.45) is 0.172. The van der Waals surface area contributed by atoms with Gasteiger partial charge in [-0.15, -0.1) is 0 Å². The summed E-state index contributed by atoms with van der Waals surface area (Å²) >= 11 is 0. The summed E-state index contributed by atoms with van der Waals surface area (Å²) in [7, 11) is 0. The first-order valence-electron chi connectivity index (χ1n) is 5.63. The number of halogens is 3. The molecule has 1 heterocycles. The molecule has 2 nitrogen and oxygen atoms in total. The van der Waals surface area contributed by atoms with Crippen molar-refractivity contribution < 1.29 is 64.3 Å². The zero-order chi connectivity index (χ0) is 11.5. The van der Waals surface area contributed by atoms with Crippen molar-refractivity contribution in [2.45, 2.75) is 26.3 Å². The Morgan fingerprint density at radius 2 is 1.81 bits per heavy atom. The van der Waals surface area contributed by atoms with E-state index in [4.69, 9.17) is 0 Å². The molecular formula is C9H19BF3KN2. The Bertz CT molecular complexity index is 200. The van der Waals surface area contributed by atoms with Crippen molar-refractivity contribution in [2.75, 3.05) is 32.6 Å². The third-order valence-corrected chi connectivity index (χ3v) is 3.04. The normalized spacial score (nSPS) is 22.5. The van der Waals surface area contributed by atoms with Gasteiger partial charge in [0, 0.05) is 12.6 Å². The number of likely N-dealkylation sites (N-methyl/N-ethyl adjacent to an activating group) is 1. The third kappa shape index (κ3) is 5.84. The third-order valence-electron chi connectivity index (χ3n) is 3.04. The average molecular weight is 262 g/mol. The average Bonchev–Trinajstić information content (AvgIpc) is 2.52. The number of likely N-dealkylation sites (tertiary alicyclic amines) is 1. The van der Waals surface area contributed by atoms with E-state index < -0.39 is 13.4 Å². The molecule has 1 saturated heterocycles. The Labute approximate surface area is 138 Å². The van der Waals surface area contributed by atoms with Gasteiger partial charge in [-0.1, -0.05) is 13.8 Å². The van der Waals surface area contributed by atoms with Gasteiger partial charge < -0.3 is 17.8 Å². The molecule has 1 fully saturated rings. The molecule has 1 aliphatic rings. The van der Waals surface area contributed by atoms with E-state index in [0.29, 0.717) is 19.1 Å². The molecule has 0 saturated carbocycles. The maximum absolute atomic E-state index is 12.2. The van der Waals surface area contributed by atoms with Gasteiger partial charge in [-0.25, -0.2) is 0 Å². The van der Waals surface area contributed by atoms with E-state index in [-0.39, 0.29) is 51.4 Å². The molecule has 0 bridgehead atoms. The fourth-order valence-electron chi connectivity index (χ4n) is 2.31. The second kappa shape index (κ2) is 7.76. The monoisotopic (exact) mass is 262 g/mol. The first kappa shape index (κ1) is 17.4. The Morgan fingerprint density at radius 3 is 2.25 bits per heavy atom. The van der Waals surface area contributed by atoms with Crippen LogP contribution in [-0.2, 0) is 0 Å². The molecular weight excluding hydrogens is 243 g/mol. The van der Waals surface area contributed by atoms with Gasteiger partial charge in [0.2, 0.25) is 0 Å². The molecule has 1 aliphatic heterocycles. The topological polar surface area (TPSA) is 6.48 Å². The minimum atomic E-state index is -4.66. The zero-order valence-corrected chi connectivity index (χ0v) is 13.5. The summed E-state index contributed by atoms with van der Waals surface area (Å²) in [5, 5.41) is 0. The van der Waals surface area contributed by atoms with Crippen LogP contribution in [0.4, 0.5) is 12.9 Å². The van der Waals surface area contributed by atoms with Crippen molar-refractivity contribution in [3.63, 3.8) is 0 Å². The molecule has 16 heavy (non-hydrogen) atoms. The molecule has 1 unspecified atom stereocenters. The summed E-state index contributed by atoms with van der Waals surface area (Å²) in [5.74, 6) is 0. The van der Waals surface area contributed by atoms with Crippen LogP contribution in [0.15, 0.2) is 0 Å². The van der Waals surface area contributed by atoms with Gasteiger partial charge in [0.05, 0.1) is 0 Å². The standard InChI is InChI=1S/C9H19BF3N2.K/c1-3-15(4-2)9-5-6-14(7-9)8-10(11,12)13;/h9H,3-8H2,1-2H3;/q-1;+1. The largest absolute Gasteiger partial charge is 1.00 e. The van der Waals surface area contributed by atoms with Crippen molar-refractivity contribution in [1.82, 2.24) is 9.80 Å². The van der Waals surface area contributed by atoms with Gasteiger partial charge in [0.15, 0.2) is 0 Å². The van der Waals surface area contributed by atoms with E-state index in [9.17, 15) is 12.9 Å². The minimum Gasteiger partial charge on any atom is -0.448 e. The molecule has 7 heteroatoms. The van der Waals surface area contributed by atoms with Crippen molar-refractivity contribution in [3.8, 4) is 0 Å². The van der Waals surface area contributed by atoms with Crippen LogP contribution in [0, 0.1) is 0 Å². The second-order valence-corrected chi connectivity index (χ2v) is 4.13. The van der Waals surface area contributed by atoms with E-state index >= 15 is 0 Å². The van der Waals surface area contributed by atoms with Crippen LogP contribution in [0.25, 0.3) is 0 Å². The van der Waals surface area contributed by atoms with E-state index in [1.807, 2.05) is 0 Å². The minimum absolute atomic E-state index is 0. The van der Waals surface area contributed by atoms with Gasteiger partial charge in [0.25, 0.3) is 0 Å². The molecule has 0 aromatic heterocycles. The van der Waals surface area contributed by atoms with Crippen molar-refractivity contribution >= 4 is 6.98 Å². The first-order chi connectivity index (χ1) is 6.96. The summed E-state index contributed by atoms with van der Waals surface area (Å²) in [4.78, 5) is 3.77. The number of hydrogen-bond donors (Lipinski definition) is 0. The maximum atomic E-state index is 12.2. The Balaban J connectivity index is 0.00000225. The molecule has 1 atom stereocenters. The van der Waals surface area contributed by atoms with Crippen LogP contribution in [-0.4, -0.2) is 55.4 Å². The first-order valence-corrected chi connectivity index (χ1v) is 5.63. The Kier molecular flexibility index (Phi) is 8.44. The molecule has 0 aromatic carbocycles. The molecule has 0 aliphatic carbocycles. The van der Waals surface area contributed by atoms with E-state index in [2.05, 4.69) is 18.7 Å². The van der Waals surface area contributed by atoms with Crippen LogP contribution >= 0.6 is 0 Å². The second-order valence-electron chi connectivity index (χ2n) is 4.13. The fourth-order valence-corrected chi connectivity index (χ4v) is 2.31. The van der Waals surface area contributed by atoms with Gasteiger partial charge in [-0.2, -0.15) is 0 Å². The van der Waals surface area contributed by atoms with Crippen LogP contribution in [0.2, 0.25) is 0 Å². The Morgan fingerprint density at radius 1 is 1.25 bits per heavy atom. The van der Waals surface area contributed by atoms with E-state index in [1.54, 1.807) is 0 Å². The number of rotatable bonds is 5. The number of nitrogens with zero attached hydrogens (tertiary/aromatic N) is 2. The predicted octanol–water partition coefficient (Wildman–Crippen LogP) is -1.21. The van der Waals surface area contributed by atoms with Gasteiger partial charge in [0.1, 0.15) is 0 Å². The van der Waals surface area contributed by atoms with Gasteiger partial charge >= 0.3 is 58.4 Å². The van der Waals surface area contributed by atoms with Gasteiger partial charge in [-0.3, -0.25) is 4.90 Å². The maximum Gasteiger partial charge on any atom is 1.00 e. The Hall–Kier alpha value is 1.41. The molecule has 1 rings (SSSR count). The van der Waals surface area contributed by atoms with Gasteiger partial charge in [-0.05, 0) is 32.5 Å². The molecule has 0 amide bonds. The van der Waals surface area contributed by atoms with Crippen LogP contribution in [0.5, 0.6) is 0 Å². The van der Waals surface area contributed by atoms with Crippen LogP contribution in [0.3, 0.4) is 0 Å². The summed E-state index contributed by atoms with van der Waals surface area (Å²) in [5.41, 5.74) is 0. The smallest absolute Gasteiger partial charge is 0.448 e. The molecule has 0 spiro atoms. The van der Waals surface area contributed by atoms with E-state index in [0.717, 1.165) is 19.5 Å². The molecule has 90 valence electrons. The summed E-state index contributed by atoms with van der Waals surface area (Å²) in [6, 6.07) is 0.318. The SMILES string of the molecule is CCN(CC)C1CCN(C[B-](F)(F)F)C1.[K+].